The average molecular weight is 300 g/mol. The molecule has 1 amide bonds. The third-order valence-corrected chi connectivity index (χ3v) is 3.25. The number of hydrogen-bond acceptors (Lipinski definition) is 3. The first-order valence-corrected chi connectivity index (χ1v) is 6.95. The maximum absolute atomic E-state index is 12.8. The lowest BCUT2D eigenvalue weighted by Crippen LogP contribution is -2.19. The van der Waals surface area contributed by atoms with Crippen molar-refractivity contribution in [3.05, 3.63) is 35.4 Å². The molecule has 0 aliphatic carbocycles. The number of amides is 1. The Morgan fingerprint density at radius 1 is 1.29 bits per heavy atom. The quantitative estimate of drug-likeness (QED) is 0.819. The molecule has 0 saturated carbocycles. The molecule has 6 heteroatoms. The van der Waals surface area contributed by atoms with E-state index in [1.54, 1.807) is 12.1 Å². The maximum atomic E-state index is 12.8. The van der Waals surface area contributed by atoms with Crippen LogP contribution in [-0.2, 0) is 17.3 Å². The zero-order chi connectivity index (χ0) is 15.7. The number of carbonyl (C=O) groups is 1. The van der Waals surface area contributed by atoms with Crippen molar-refractivity contribution in [2.24, 2.45) is 0 Å². The van der Waals surface area contributed by atoms with Gasteiger partial charge in [0, 0.05) is 32.1 Å². The molecule has 1 aromatic carbocycles. The number of carbonyl (C=O) groups excluding carboxylic acids is 1. The third-order valence-electron chi connectivity index (χ3n) is 3.25. The molecule has 1 aliphatic rings. The van der Waals surface area contributed by atoms with Crippen molar-refractivity contribution in [1.82, 2.24) is 10.2 Å². The van der Waals surface area contributed by atoms with Crippen LogP contribution in [0.5, 0.6) is 0 Å². The molecule has 0 unspecified atom stereocenters. The van der Waals surface area contributed by atoms with E-state index in [2.05, 4.69) is 5.32 Å². The molecule has 0 bridgehead atoms. The Morgan fingerprint density at radius 2 is 1.86 bits per heavy atom. The Morgan fingerprint density at radius 3 is 2.24 bits per heavy atom. The first-order chi connectivity index (χ1) is 9.97. The van der Waals surface area contributed by atoms with Crippen LogP contribution in [0.2, 0.25) is 0 Å². The zero-order valence-electron chi connectivity index (χ0n) is 12.2. The summed E-state index contributed by atoms with van der Waals surface area (Å²) < 4.78 is 25.5. The summed E-state index contributed by atoms with van der Waals surface area (Å²) in [6.07, 6.45) is 3.10. The molecule has 1 fully saturated rings. The summed E-state index contributed by atoms with van der Waals surface area (Å²) in [6, 6.07) is 5.87. The molecule has 0 aromatic heterocycles. The predicted molar refractivity (Wildman–Crippen MR) is 76.8 cm³/mol. The number of likely N-dealkylation sites (tertiary alicyclic amines) is 1. The van der Waals surface area contributed by atoms with Gasteiger partial charge in [-0.1, -0.05) is 24.3 Å². The number of alkyl halides is 2. The van der Waals surface area contributed by atoms with Crippen LogP contribution in [0.25, 0.3) is 0 Å². The minimum atomic E-state index is -2.81. The molecule has 1 aliphatic heterocycles. The molecule has 0 spiro atoms. The van der Waals surface area contributed by atoms with Crippen molar-refractivity contribution >= 4 is 6.41 Å². The lowest BCUT2D eigenvalue weighted by molar-refractivity contribution is -0.109. The highest BCUT2D eigenvalue weighted by Crippen LogP contribution is 2.26. The summed E-state index contributed by atoms with van der Waals surface area (Å²) in [7, 11) is 0. The van der Waals surface area contributed by atoms with Crippen LogP contribution in [0.3, 0.4) is 0 Å². The summed E-state index contributed by atoms with van der Waals surface area (Å²) in [4.78, 5) is 12.0. The van der Waals surface area contributed by atoms with E-state index < -0.39 is 5.92 Å². The van der Waals surface area contributed by atoms with Crippen molar-refractivity contribution in [3.63, 3.8) is 0 Å². The molecule has 2 rings (SSSR count). The summed E-state index contributed by atoms with van der Waals surface area (Å²) in [5.74, 6) is -2.81. The average Bonchev–Trinajstić information content (AvgIpc) is 2.99. The van der Waals surface area contributed by atoms with Gasteiger partial charge in [0.1, 0.15) is 0 Å². The first-order valence-electron chi connectivity index (χ1n) is 6.95. The number of aliphatic hydroxyl groups excluding tert-OH is 1. The third kappa shape index (κ3) is 6.64. The van der Waals surface area contributed by atoms with Crippen LogP contribution in [-0.4, -0.2) is 36.2 Å². The monoisotopic (exact) mass is 300 g/mol. The number of nitrogens with one attached hydrogen (secondary N) is 1. The normalized spacial score (nSPS) is 15.2. The standard InChI is InChI=1S/C10H11F2NO.C5H11NO/c1-10(11,12)9-4-2-8(3-5-9)6-13-7-14;7-5-6-3-1-2-4-6/h2-5,7H,6H2,1H3,(H,13,14);7H,1-5H2. The van der Waals surface area contributed by atoms with E-state index in [1.165, 1.54) is 25.0 Å². The molecule has 21 heavy (non-hydrogen) atoms. The number of halogens is 2. The molecular weight excluding hydrogens is 278 g/mol. The highest BCUT2D eigenvalue weighted by atomic mass is 19.3. The Labute approximate surface area is 123 Å². The lowest BCUT2D eigenvalue weighted by Gasteiger charge is -2.10. The fourth-order valence-corrected chi connectivity index (χ4v) is 2.00. The molecule has 2 N–H and O–H groups in total. The van der Waals surface area contributed by atoms with Gasteiger partial charge in [0.15, 0.2) is 0 Å². The topological polar surface area (TPSA) is 52.6 Å². The number of aliphatic hydroxyl groups is 1. The SMILES string of the molecule is CC(F)(F)c1ccc(CNC=O)cc1.OCN1CCCC1. The largest absolute Gasteiger partial charge is 0.381 e. The van der Waals surface area contributed by atoms with Gasteiger partial charge in [-0.25, -0.2) is 8.78 Å². The predicted octanol–water partition coefficient (Wildman–Crippen LogP) is 2.08. The van der Waals surface area contributed by atoms with E-state index in [4.69, 9.17) is 5.11 Å². The Bertz CT molecular complexity index is 413. The zero-order valence-corrected chi connectivity index (χ0v) is 12.2. The van der Waals surface area contributed by atoms with Crippen molar-refractivity contribution in [2.75, 3.05) is 19.8 Å². The number of benzene rings is 1. The van der Waals surface area contributed by atoms with Crippen molar-refractivity contribution in [2.45, 2.75) is 32.2 Å². The van der Waals surface area contributed by atoms with Gasteiger partial charge < -0.3 is 10.4 Å². The van der Waals surface area contributed by atoms with Gasteiger partial charge >= 0.3 is 0 Å². The van der Waals surface area contributed by atoms with E-state index in [-0.39, 0.29) is 12.3 Å². The Hall–Kier alpha value is -1.53. The minimum Gasteiger partial charge on any atom is -0.381 e. The van der Waals surface area contributed by atoms with Gasteiger partial charge in [-0.2, -0.15) is 0 Å². The lowest BCUT2D eigenvalue weighted by atomic mass is 10.1. The number of hydrogen-bond donors (Lipinski definition) is 2. The van der Waals surface area contributed by atoms with Crippen molar-refractivity contribution in [3.8, 4) is 0 Å². The first kappa shape index (κ1) is 17.5. The second kappa shape index (κ2) is 8.69. The highest BCUT2D eigenvalue weighted by Gasteiger charge is 2.23. The summed E-state index contributed by atoms with van der Waals surface area (Å²) in [5.41, 5.74) is 0.775. The Kier molecular flexibility index (Phi) is 7.25. The molecule has 0 radical (unpaired) electrons. The fraction of sp³-hybridized carbons (Fsp3) is 0.533. The van der Waals surface area contributed by atoms with E-state index in [1.807, 2.05) is 4.90 Å². The van der Waals surface area contributed by atoms with Gasteiger partial charge in [-0.3, -0.25) is 9.69 Å². The van der Waals surface area contributed by atoms with E-state index in [0.717, 1.165) is 25.6 Å². The summed E-state index contributed by atoms with van der Waals surface area (Å²) in [5, 5.41) is 10.9. The van der Waals surface area contributed by atoms with E-state index >= 15 is 0 Å². The molecular formula is C15H22F2N2O2. The highest BCUT2D eigenvalue weighted by molar-refractivity contribution is 5.46. The number of nitrogens with zero attached hydrogens (tertiary/aromatic N) is 1. The molecule has 0 atom stereocenters. The van der Waals surface area contributed by atoms with Crippen molar-refractivity contribution < 1.29 is 18.7 Å². The second-order valence-electron chi connectivity index (χ2n) is 5.05. The number of rotatable bonds is 5. The molecule has 1 saturated heterocycles. The van der Waals surface area contributed by atoms with E-state index in [9.17, 15) is 13.6 Å². The Balaban J connectivity index is 0.000000262. The fourth-order valence-electron chi connectivity index (χ4n) is 2.00. The van der Waals surface area contributed by atoms with Crippen LogP contribution >= 0.6 is 0 Å². The van der Waals surface area contributed by atoms with Crippen LogP contribution in [0.15, 0.2) is 24.3 Å². The minimum absolute atomic E-state index is 0.0210. The van der Waals surface area contributed by atoms with Gasteiger partial charge in [0.25, 0.3) is 5.92 Å². The summed E-state index contributed by atoms with van der Waals surface area (Å²) in [6.45, 7) is 3.65. The van der Waals surface area contributed by atoms with Gasteiger partial charge in [0.2, 0.25) is 6.41 Å². The van der Waals surface area contributed by atoms with Gasteiger partial charge in [0.05, 0.1) is 6.73 Å². The molecule has 118 valence electrons. The molecule has 1 heterocycles. The second-order valence-corrected chi connectivity index (χ2v) is 5.05. The molecule has 4 nitrogen and oxygen atoms in total. The van der Waals surface area contributed by atoms with Crippen LogP contribution in [0.1, 0.15) is 30.9 Å². The van der Waals surface area contributed by atoms with Gasteiger partial charge in [-0.15, -0.1) is 0 Å². The maximum Gasteiger partial charge on any atom is 0.270 e. The molecule has 1 aromatic rings. The van der Waals surface area contributed by atoms with E-state index in [0.29, 0.717) is 13.0 Å². The van der Waals surface area contributed by atoms with Crippen LogP contribution in [0, 0.1) is 0 Å². The smallest absolute Gasteiger partial charge is 0.270 e. The van der Waals surface area contributed by atoms with Crippen LogP contribution < -0.4 is 5.32 Å². The van der Waals surface area contributed by atoms with Crippen molar-refractivity contribution in [1.29, 1.82) is 0 Å². The van der Waals surface area contributed by atoms with Crippen LogP contribution in [0.4, 0.5) is 8.78 Å². The van der Waals surface area contributed by atoms with Gasteiger partial charge in [-0.05, 0) is 18.4 Å². The summed E-state index contributed by atoms with van der Waals surface area (Å²) >= 11 is 0.